The number of hydrogen-bond donors (Lipinski definition) is 3. The van der Waals surface area contributed by atoms with Gasteiger partial charge < -0.3 is 24.8 Å². The third-order valence-corrected chi connectivity index (χ3v) is 11.6. The second kappa shape index (κ2) is 6.85. The van der Waals surface area contributed by atoms with E-state index < -0.39 is 45.8 Å². The van der Waals surface area contributed by atoms with Crippen LogP contribution in [-0.2, 0) is 19.1 Å². The Labute approximate surface area is 206 Å². The van der Waals surface area contributed by atoms with Crippen LogP contribution in [-0.4, -0.2) is 62.2 Å². The molecule has 0 radical (unpaired) electrons. The minimum absolute atomic E-state index is 0.0974. The molecule has 0 unspecified atom stereocenters. The van der Waals surface area contributed by atoms with Gasteiger partial charge in [-0.15, -0.1) is 0 Å². The molecule has 4 fully saturated rings. The number of epoxide rings is 1. The summed E-state index contributed by atoms with van der Waals surface area (Å²) in [5.74, 6) is -0.557. The molecule has 192 valence electrons. The first-order valence-corrected chi connectivity index (χ1v) is 13.2. The van der Waals surface area contributed by atoms with Crippen LogP contribution >= 0.6 is 0 Å². The lowest BCUT2D eigenvalue weighted by Gasteiger charge is -2.62. The van der Waals surface area contributed by atoms with Crippen molar-refractivity contribution in [2.45, 2.75) is 115 Å². The number of ether oxygens (including phenoxy) is 2. The van der Waals surface area contributed by atoms with Crippen LogP contribution in [0.2, 0.25) is 0 Å². The van der Waals surface area contributed by atoms with Gasteiger partial charge in [0.2, 0.25) is 0 Å². The first kappa shape index (κ1) is 23.8. The first-order chi connectivity index (χ1) is 16.2. The van der Waals surface area contributed by atoms with Gasteiger partial charge in [-0.25, -0.2) is 4.79 Å². The van der Waals surface area contributed by atoms with Crippen LogP contribution in [0.4, 0.5) is 0 Å². The van der Waals surface area contributed by atoms with Crippen LogP contribution in [0.25, 0.3) is 0 Å². The topological polar surface area (TPSA) is 117 Å². The monoisotopic (exact) mass is 486 g/mol. The molecule has 1 saturated heterocycles. The van der Waals surface area contributed by atoms with Gasteiger partial charge in [0.15, 0.2) is 0 Å². The fourth-order valence-electron chi connectivity index (χ4n) is 9.21. The maximum Gasteiger partial charge on any atom is 0.334 e. The van der Waals surface area contributed by atoms with Crippen molar-refractivity contribution in [2.24, 2.45) is 22.7 Å². The van der Waals surface area contributed by atoms with Crippen molar-refractivity contribution in [1.29, 1.82) is 0 Å². The minimum Gasteiger partial charge on any atom is -0.455 e. The summed E-state index contributed by atoms with van der Waals surface area (Å²) >= 11 is 0. The number of fused-ring (bicyclic) bond motifs is 4. The molecule has 2 aliphatic heterocycles. The van der Waals surface area contributed by atoms with E-state index in [2.05, 4.69) is 0 Å². The largest absolute Gasteiger partial charge is 0.455 e. The van der Waals surface area contributed by atoms with Crippen molar-refractivity contribution in [1.82, 2.24) is 0 Å². The molecule has 7 nitrogen and oxygen atoms in total. The zero-order valence-corrected chi connectivity index (χ0v) is 21.4. The van der Waals surface area contributed by atoms with Gasteiger partial charge in [0.1, 0.15) is 23.1 Å². The Morgan fingerprint density at radius 2 is 1.86 bits per heavy atom. The molecule has 0 amide bonds. The van der Waals surface area contributed by atoms with Crippen molar-refractivity contribution in [2.75, 3.05) is 0 Å². The summed E-state index contributed by atoms with van der Waals surface area (Å²) in [6.07, 6.45) is 3.83. The van der Waals surface area contributed by atoms with Gasteiger partial charge in [-0.3, -0.25) is 4.79 Å². The molecule has 0 bridgehead atoms. The van der Waals surface area contributed by atoms with E-state index in [0.717, 1.165) is 11.1 Å². The Bertz CT molecular complexity index is 1090. The molecule has 35 heavy (non-hydrogen) atoms. The number of hydrogen-bond acceptors (Lipinski definition) is 7. The first-order valence-electron chi connectivity index (χ1n) is 13.2. The summed E-state index contributed by atoms with van der Waals surface area (Å²) in [5.41, 5.74) is -2.72. The molecule has 0 aromatic carbocycles. The number of aliphatic hydroxyl groups excluding tert-OH is 1. The number of rotatable bonds is 2. The van der Waals surface area contributed by atoms with E-state index >= 15 is 0 Å². The third kappa shape index (κ3) is 2.56. The number of ketones is 1. The van der Waals surface area contributed by atoms with Crippen LogP contribution < -0.4 is 0 Å². The van der Waals surface area contributed by atoms with E-state index in [1.807, 2.05) is 26.8 Å². The van der Waals surface area contributed by atoms with E-state index in [1.54, 1.807) is 13.8 Å². The van der Waals surface area contributed by atoms with Crippen LogP contribution in [0.5, 0.6) is 0 Å². The van der Waals surface area contributed by atoms with Gasteiger partial charge in [-0.2, -0.15) is 0 Å². The highest BCUT2D eigenvalue weighted by Crippen LogP contribution is 2.74. The smallest absolute Gasteiger partial charge is 0.334 e. The van der Waals surface area contributed by atoms with Gasteiger partial charge in [0.05, 0.1) is 23.2 Å². The van der Waals surface area contributed by atoms with E-state index in [1.165, 1.54) is 0 Å². The molecular formula is C28H38O7. The number of cyclic esters (lactones) is 1. The average Bonchev–Trinajstić information content (AvgIpc) is 3.46. The number of esters is 1. The Morgan fingerprint density at radius 1 is 1.14 bits per heavy atom. The molecular weight excluding hydrogens is 448 g/mol. The van der Waals surface area contributed by atoms with E-state index in [4.69, 9.17) is 9.47 Å². The van der Waals surface area contributed by atoms with Crippen LogP contribution in [0.15, 0.2) is 22.8 Å². The van der Waals surface area contributed by atoms with E-state index in [0.29, 0.717) is 50.5 Å². The molecule has 7 heteroatoms. The SMILES string of the molecule is CC1=C(C)C(=O)O[C@@H]([C@](C)(O)C2=CC[C@@]3(O)[C@@H]4C[C@H]5O[C@]56[C@@H](O)CCC(=O)[C@]6(C)[C@H]4CC[C@]23C)C1. The van der Waals surface area contributed by atoms with Gasteiger partial charge in [0, 0.05) is 23.8 Å². The highest BCUT2D eigenvalue weighted by Gasteiger charge is 2.82. The highest BCUT2D eigenvalue weighted by molar-refractivity contribution is 5.90. The van der Waals surface area contributed by atoms with Crippen molar-refractivity contribution in [3.05, 3.63) is 22.8 Å². The minimum atomic E-state index is -1.43. The van der Waals surface area contributed by atoms with Crippen LogP contribution in [0.1, 0.15) is 79.6 Å². The summed E-state index contributed by atoms with van der Waals surface area (Å²) in [4.78, 5) is 25.8. The van der Waals surface area contributed by atoms with Crippen molar-refractivity contribution in [3.8, 4) is 0 Å². The summed E-state index contributed by atoms with van der Waals surface area (Å²) < 4.78 is 11.9. The lowest BCUT2D eigenvalue weighted by Crippen LogP contribution is -2.69. The number of carbonyl (C=O) groups is 2. The number of aliphatic hydroxyl groups is 3. The number of carbonyl (C=O) groups excluding carboxylic acids is 2. The Balaban J connectivity index is 1.35. The summed E-state index contributed by atoms with van der Waals surface area (Å²) in [6.45, 7) is 9.31. The quantitative estimate of drug-likeness (QED) is 0.312. The lowest BCUT2D eigenvalue weighted by molar-refractivity contribution is -0.201. The molecule has 3 saturated carbocycles. The van der Waals surface area contributed by atoms with E-state index in [9.17, 15) is 24.9 Å². The molecule has 4 aliphatic carbocycles. The highest BCUT2D eigenvalue weighted by atomic mass is 16.6. The molecule has 2 heterocycles. The Hall–Kier alpha value is -1.54. The molecule has 0 aromatic heterocycles. The average molecular weight is 487 g/mol. The fourth-order valence-corrected chi connectivity index (χ4v) is 9.21. The second-order valence-electron chi connectivity index (χ2n) is 12.8. The van der Waals surface area contributed by atoms with E-state index in [-0.39, 0.29) is 23.7 Å². The van der Waals surface area contributed by atoms with Crippen molar-refractivity contribution >= 4 is 11.8 Å². The Morgan fingerprint density at radius 3 is 2.54 bits per heavy atom. The summed E-state index contributed by atoms with van der Waals surface area (Å²) in [5, 5.41) is 35.2. The molecule has 3 N–H and O–H groups in total. The van der Waals surface area contributed by atoms with Crippen LogP contribution in [0.3, 0.4) is 0 Å². The maximum absolute atomic E-state index is 13.4. The second-order valence-corrected chi connectivity index (χ2v) is 12.8. The molecule has 1 spiro atoms. The lowest BCUT2D eigenvalue weighted by atomic mass is 9.42. The molecule has 10 atom stereocenters. The summed E-state index contributed by atoms with van der Waals surface area (Å²) in [7, 11) is 0. The standard InChI is InChI=1S/C28H38O7/c1-14-12-21(34-23(31)15(14)2)26(5,32)18-9-11-27(33)17-13-22-28(35-22)20(30)7-6-19(29)25(28,4)16(17)8-10-24(18,27)3/h9,16-17,20-22,30,32-33H,6-8,10-13H2,1-5H3/t16-,17+,20-,21+,22+,24+,25-,26+,27+,28+/m0/s1. The normalized spacial score (nSPS) is 52.5. The van der Waals surface area contributed by atoms with Gasteiger partial charge in [-0.1, -0.05) is 18.6 Å². The van der Waals surface area contributed by atoms with Crippen LogP contribution in [0, 0.1) is 22.7 Å². The number of Topliss-reactive ketones (excluding diaryl/α,β-unsaturated/α-hetero) is 1. The Kier molecular flexibility index (Phi) is 4.67. The van der Waals surface area contributed by atoms with Gasteiger partial charge in [0.25, 0.3) is 0 Å². The van der Waals surface area contributed by atoms with Crippen molar-refractivity contribution in [3.63, 3.8) is 0 Å². The predicted molar refractivity (Wildman–Crippen MR) is 126 cm³/mol. The zero-order chi connectivity index (χ0) is 25.3. The third-order valence-electron chi connectivity index (χ3n) is 11.6. The molecule has 6 rings (SSSR count). The zero-order valence-electron chi connectivity index (χ0n) is 21.4. The van der Waals surface area contributed by atoms with Crippen molar-refractivity contribution < 1.29 is 34.4 Å². The maximum atomic E-state index is 13.4. The fraction of sp³-hybridized carbons (Fsp3) is 0.786. The summed E-state index contributed by atoms with van der Waals surface area (Å²) in [6, 6.07) is 0. The van der Waals surface area contributed by atoms with Gasteiger partial charge in [-0.05, 0) is 77.2 Å². The molecule has 6 aliphatic rings. The van der Waals surface area contributed by atoms with Gasteiger partial charge >= 0.3 is 5.97 Å². The molecule has 0 aromatic rings. The predicted octanol–water partition coefficient (Wildman–Crippen LogP) is 2.75.